The van der Waals surface area contributed by atoms with Crippen LogP contribution in [0, 0.1) is 11.6 Å². The molecule has 1 aromatic heterocycles. The standard InChI is InChI=1S/C26H18ClF2N3/c27-20-10-8-16(9-11-20)19-14-30-26(31-15-19)18-6-4-17(5-7-18)23-12-13-24(32-23)25-21(28)2-1-3-22(25)29/h1-11,14-15,23H,12-13H2. The fourth-order valence-electron chi connectivity index (χ4n) is 3.92. The van der Waals surface area contributed by atoms with Crippen molar-refractivity contribution in [3.63, 3.8) is 0 Å². The van der Waals surface area contributed by atoms with Crippen LogP contribution in [-0.4, -0.2) is 15.7 Å². The van der Waals surface area contributed by atoms with Gasteiger partial charge in [0.05, 0.1) is 11.6 Å². The van der Waals surface area contributed by atoms with E-state index in [2.05, 4.69) is 15.0 Å². The van der Waals surface area contributed by atoms with E-state index in [-0.39, 0.29) is 11.6 Å². The molecule has 0 fully saturated rings. The summed E-state index contributed by atoms with van der Waals surface area (Å²) in [4.78, 5) is 13.6. The van der Waals surface area contributed by atoms with Crippen molar-refractivity contribution in [3.8, 4) is 22.5 Å². The second-order valence-corrected chi connectivity index (χ2v) is 8.09. The minimum Gasteiger partial charge on any atom is -0.281 e. The van der Waals surface area contributed by atoms with E-state index in [1.54, 1.807) is 12.4 Å². The van der Waals surface area contributed by atoms with Crippen LogP contribution in [0.2, 0.25) is 5.02 Å². The van der Waals surface area contributed by atoms with Crippen LogP contribution in [0.3, 0.4) is 0 Å². The van der Waals surface area contributed by atoms with Gasteiger partial charge < -0.3 is 0 Å². The van der Waals surface area contributed by atoms with Crippen LogP contribution in [-0.2, 0) is 0 Å². The lowest BCUT2D eigenvalue weighted by molar-refractivity contribution is 0.578. The molecule has 4 aromatic rings. The van der Waals surface area contributed by atoms with Gasteiger partial charge in [0.1, 0.15) is 11.6 Å². The van der Waals surface area contributed by atoms with Gasteiger partial charge in [-0.25, -0.2) is 18.7 Å². The molecule has 0 aliphatic carbocycles. The molecule has 32 heavy (non-hydrogen) atoms. The Kier molecular flexibility index (Phi) is 5.50. The summed E-state index contributed by atoms with van der Waals surface area (Å²) >= 11 is 5.94. The number of nitrogens with zero attached hydrogens (tertiary/aromatic N) is 3. The minimum absolute atomic E-state index is 0.0132. The second-order valence-electron chi connectivity index (χ2n) is 7.65. The third-order valence-electron chi connectivity index (χ3n) is 5.60. The molecule has 1 aliphatic heterocycles. The molecule has 0 saturated carbocycles. The first-order valence-electron chi connectivity index (χ1n) is 10.3. The monoisotopic (exact) mass is 445 g/mol. The van der Waals surface area contributed by atoms with E-state index >= 15 is 0 Å². The highest BCUT2D eigenvalue weighted by Gasteiger charge is 2.24. The lowest BCUT2D eigenvalue weighted by Crippen LogP contribution is -2.03. The molecule has 1 unspecified atom stereocenters. The van der Waals surface area contributed by atoms with Gasteiger partial charge in [0, 0.05) is 34.3 Å². The molecule has 0 bridgehead atoms. The third-order valence-corrected chi connectivity index (χ3v) is 5.85. The summed E-state index contributed by atoms with van der Waals surface area (Å²) in [6.07, 6.45) is 4.83. The van der Waals surface area contributed by atoms with E-state index in [4.69, 9.17) is 11.6 Å². The van der Waals surface area contributed by atoms with Gasteiger partial charge in [-0.15, -0.1) is 0 Å². The highest BCUT2D eigenvalue weighted by Crippen LogP contribution is 2.33. The van der Waals surface area contributed by atoms with Crippen LogP contribution in [0.1, 0.15) is 30.0 Å². The van der Waals surface area contributed by atoms with Gasteiger partial charge in [-0.05, 0) is 48.2 Å². The molecule has 6 heteroatoms. The summed E-state index contributed by atoms with van der Waals surface area (Å²) < 4.78 is 28.2. The van der Waals surface area contributed by atoms with Crippen molar-refractivity contribution in [1.29, 1.82) is 0 Å². The molecule has 3 nitrogen and oxygen atoms in total. The van der Waals surface area contributed by atoms with Gasteiger partial charge in [-0.3, -0.25) is 4.99 Å². The number of aromatic nitrogens is 2. The summed E-state index contributed by atoms with van der Waals surface area (Å²) in [5, 5.41) is 0.684. The molecule has 0 amide bonds. The van der Waals surface area contributed by atoms with Crippen LogP contribution >= 0.6 is 11.6 Å². The van der Waals surface area contributed by atoms with Gasteiger partial charge in [0.15, 0.2) is 5.82 Å². The summed E-state index contributed by atoms with van der Waals surface area (Å²) in [5.74, 6) is -0.517. The molecule has 0 N–H and O–H groups in total. The first-order valence-corrected chi connectivity index (χ1v) is 10.7. The predicted octanol–water partition coefficient (Wildman–Crippen LogP) is 7.07. The summed E-state index contributed by atoms with van der Waals surface area (Å²) in [6.45, 7) is 0. The largest absolute Gasteiger partial charge is 0.281 e. The van der Waals surface area contributed by atoms with Crippen molar-refractivity contribution in [2.45, 2.75) is 18.9 Å². The smallest absolute Gasteiger partial charge is 0.159 e. The molecule has 2 heterocycles. The van der Waals surface area contributed by atoms with Crippen LogP contribution in [0.25, 0.3) is 22.5 Å². The van der Waals surface area contributed by atoms with Crippen molar-refractivity contribution in [3.05, 3.63) is 107 Å². The highest BCUT2D eigenvalue weighted by atomic mass is 35.5. The third kappa shape index (κ3) is 4.04. The average Bonchev–Trinajstić information content (AvgIpc) is 3.29. The Labute approximate surface area is 189 Å². The lowest BCUT2D eigenvalue weighted by Gasteiger charge is -2.08. The predicted molar refractivity (Wildman–Crippen MR) is 123 cm³/mol. The number of hydrogen-bond acceptors (Lipinski definition) is 3. The van der Waals surface area contributed by atoms with Gasteiger partial charge in [0.25, 0.3) is 0 Å². The van der Waals surface area contributed by atoms with Crippen molar-refractivity contribution >= 4 is 17.3 Å². The molecular weight excluding hydrogens is 428 g/mol. The van der Waals surface area contributed by atoms with Crippen LogP contribution in [0.15, 0.2) is 84.1 Å². The Bertz CT molecular complexity index is 1260. The normalized spacial score (nSPS) is 15.6. The molecule has 1 aliphatic rings. The number of rotatable bonds is 4. The van der Waals surface area contributed by atoms with Gasteiger partial charge in [-0.2, -0.15) is 0 Å². The number of benzene rings is 3. The van der Waals surface area contributed by atoms with Crippen molar-refractivity contribution in [1.82, 2.24) is 9.97 Å². The zero-order valence-electron chi connectivity index (χ0n) is 17.0. The number of hydrogen-bond donors (Lipinski definition) is 0. The summed E-state index contributed by atoms with van der Waals surface area (Å²) in [7, 11) is 0. The molecule has 0 saturated heterocycles. The van der Waals surface area contributed by atoms with Crippen LogP contribution in [0.4, 0.5) is 8.78 Å². The Hall–Kier alpha value is -3.44. The molecule has 0 radical (unpaired) electrons. The van der Waals surface area contributed by atoms with Crippen LogP contribution in [0.5, 0.6) is 0 Å². The lowest BCUT2D eigenvalue weighted by atomic mass is 10.0. The molecule has 3 aromatic carbocycles. The zero-order valence-corrected chi connectivity index (χ0v) is 17.7. The molecule has 158 valence electrons. The minimum atomic E-state index is -0.570. The maximum Gasteiger partial charge on any atom is 0.159 e. The Balaban J connectivity index is 1.34. The summed E-state index contributed by atoms with van der Waals surface area (Å²) in [5.41, 5.74) is 4.27. The van der Waals surface area contributed by atoms with E-state index in [0.29, 0.717) is 23.0 Å². The average molecular weight is 446 g/mol. The van der Waals surface area contributed by atoms with Crippen molar-refractivity contribution in [2.75, 3.05) is 0 Å². The van der Waals surface area contributed by atoms with E-state index in [1.807, 2.05) is 48.5 Å². The van der Waals surface area contributed by atoms with Crippen molar-refractivity contribution < 1.29 is 8.78 Å². The molecule has 0 spiro atoms. The number of aliphatic imine (C=N–C) groups is 1. The van der Waals surface area contributed by atoms with Gasteiger partial charge in [0.2, 0.25) is 0 Å². The highest BCUT2D eigenvalue weighted by molar-refractivity contribution is 6.30. The molecule has 1 atom stereocenters. The Morgan fingerprint density at radius 2 is 1.38 bits per heavy atom. The van der Waals surface area contributed by atoms with E-state index < -0.39 is 11.6 Å². The Morgan fingerprint density at radius 1 is 0.750 bits per heavy atom. The summed E-state index contributed by atoms with van der Waals surface area (Å²) in [6, 6.07) is 19.1. The zero-order chi connectivity index (χ0) is 22.1. The quantitative estimate of drug-likeness (QED) is 0.337. The Morgan fingerprint density at radius 3 is 2.03 bits per heavy atom. The first kappa shape index (κ1) is 20.5. The van der Waals surface area contributed by atoms with E-state index in [1.165, 1.54) is 18.2 Å². The molecule has 5 rings (SSSR count). The number of halogens is 3. The fourth-order valence-corrected chi connectivity index (χ4v) is 4.04. The van der Waals surface area contributed by atoms with E-state index in [0.717, 1.165) is 28.7 Å². The van der Waals surface area contributed by atoms with Crippen molar-refractivity contribution in [2.24, 2.45) is 4.99 Å². The molecular formula is C26H18ClF2N3. The van der Waals surface area contributed by atoms with Gasteiger partial charge >= 0.3 is 0 Å². The maximum absolute atomic E-state index is 14.1. The topological polar surface area (TPSA) is 38.1 Å². The first-order chi connectivity index (χ1) is 15.6. The maximum atomic E-state index is 14.1. The second kappa shape index (κ2) is 8.60. The SMILES string of the molecule is Fc1cccc(F)c1C1=NC(c2ccc(-c3ncc(-c4ccc(Cl)cc4)cn3)cc2)CC1. The fraction of sp³-hybridized carbons (Fsp3) is 0.115. The van der Waals surface area contributed by atoms with Crippen LogP contribution < -0.4 is 0 Å². The van der Waals surface area contributed by atoms with E-state index in [9.17, 15) is 8.78 Å². The van der Waals surface area contributed by atoms with Gasteiger partial charge in [-0.1, -0.05) is 54.1 Å².